The number of rotatable bonds is 8. The zero-order valence-electron chi connectivity index (χ0n) is 35.7. The third-order valence-corrected chi connectivity index (χ3v) is 23.4. The van der Waals surface area contributed by atoms with Crippen LogP contribution in [0.25, 0.3) is 69.3 Å². The molecule has 0 aliphatic heterocycles. The van der Waals surface area contributed by atoms with Crippen molar-refractivity contribution in [2.24, 2.45) is 0 Å². The minimum atomic E-state index is -3.68. The van der Waals surface area contributed by atoms with Crippen molar-refractivity contribution in [2.45, 2.75) is 0 Å². The molecule has 12 aromatic rings. The van der Waals surface area contributed by atoms with Gasteiger partial charge in [-0.3, -0.25) is 0 Å². The SMILES string of the molecule is [Li+].c1ccc2c([Si]([N-][Si](c3cccc4ccccc34)(c3cccc4ccccc34)c3cccc4ccccc34)(c3cccc4ccccc34)c3cccc4ccccc34)cccc2c1. The van der Waals surface area contributed by atoms with Gasteiger partial charge in [0.05, 0.1) is 0 Å². The summed E-state index contributed by atoms with van der Waals surface area (Å²) < 4.78 is 7.34. The standard InChI is InChI=1S/C60H42NSi2.Li/c1-7-31-49-43(19-1)25-13-37-55(49)62(56-38-14-26-44-20-2-8-32-50(44)56,57-39-15-27-45-21-3-9-33-51(45)57)61-63(58-40-16-28-46-22-4-10-34-52(46)58,59-41-17-29-47-23-5-11-35-53(47)59)60-42-18-30-48-24-6-12-36-54(48)60;/h1-42H;/q-1;+1. The molecule has 0 unspecified atom stereocenters. The molecular weight excluding hydrogens is 798 g/mol. The van der Waals surface area contributed by atoms with Crippen LogP contribution in [0.4, 0.5) is 0 Å². The number of nitrogens with zero attached hydrogens (tertiary/aromatic N) is 1. The summed E-state index contributed by atoms with van der Waals surface area (Å²) in [4.78, 5) is 0. The molecule has 0 aliphatic rings. The molecule has 0 radical (unpaired) electrons. The van der Waals surface area contributed by atoms with Gasteiger partial charge in [-0.25, -0.2) is 0 Å². The number of fused-ring (bicyclic) bond motifs is 6. The molecule has 12 rings (SSSR count). The van der Waals surface area contributed by atoms with E-state index in [1.165, 1.54) is 95.8 Å². The quantitative estimate of drug-likeness (QED) is 0.108. The fourth-order valence-corrected chi connectivity index (χ4v) is 23.1. The van der Waals surface area contributed by atoms with Gasteiger partial charge in [-0.05, 0) is 64.6 Å². The molecule has 4 heteroatoms. The Hall–Kier alpha value is -6.81. The smallest absolute Gasteiger partial charge is 0.644 e. The maximum absolute atomic E-state index is 7.34. The molecule has 0 amide bonds. The Morgan fingerprint density at radius 1 is 0.188 bits per heavy atom. The maximum Gasteiger partial charge on any atom is 1.00 e. The predicted molar refractivity (Wildman–Crippen MR) is 276 cm³/mol. The molecule has 0 atom stereocenters. The van der Waals surface area contributed by atoms with Gasteiger partial charge in [0, 0.05) is 16.5 Å². The van der Waals surface area contributed by atoms with Gasteiger partial charge in [-0.1, -0.05) is 286 Å². The van der Waals surface area contributed by atoms with Gasteiger partial charge in [0.2, 0.25) is 0 Å². The monoisotopic (exact) mass is 839 g/mol. The summed E-state index contributed by atoms with van der Waals surface area (Å²) in [5.74, 6) is 0. The van der Waals surface area contributed by atoms with Crippen LogP contribution in [0.5, 0.6) is 0 Å². The fraction of sp³-hybridized carbons (Fsp3) is 0. The second-order valence-electron chi connectivity index (χ2n) is 16.7. The van der Waals surface area contributed by atoms with Crippen molar-refractivity contribution >= 4 is 112 Å². The Balaban J connectivity index is 0.00000456. The second kappa shape index (κ2) is 16.4. The first kappa shape index (κ1) is 40.0. The Morgan fingerprint density at radius 3 is 0.531 bits per heavy atom. The molecule has 0 saturated heterocycles. The van der Waals surface area contributed by atoms with E-state index in [1.807, 2.05) is 0 Å². The van der Waals surface area contributed by atoms with E-state index in [9.17, 15) is 0 Å². The van der Waals surface area contributed by atoms with E-state index in [1.54, 1.807) is 0 Å². The van der Waals surface area contributed by atoms with Crippen molar-refractivity contribution < 1.29 is 18.9 Å². The summed E-state index contributed by atoms with van der Waals surface area (Å²) in [6.07, 6.45) is 0. The first-order valence-corrected chi connectivity index (χ1v) is 25.8. The van der Waals surface area contributed by atoms with Crippen LogP contribution >= 0.6 is 0 Å². The third-order valence-electron chi connectivity index (χ3n) is 13.4. The molecule has 0 saturated carbocycles. The topological polar surface area (TPSA) is 14.1 Å². The van der Waals surface area contributed by atoms with Gasteiger partial charge < -0.3 is 4.65 Å². The van der Waals surface area contributed by atoms with Crippen molar-refractivity contribution in [3.8, 4) is 0 Å². The normalized spacial score (nSPS) is 12.0. The molecule has 0 heterocycles. The molecular formula is C60H42LiNSi2. The van der Waals surface area contributed by atoms with Gasteiger partial charge >= 0.3 is 18.9 Å². The van der Waals surface area contributed by atoms with E-state index in [2.05, 4.69) is 255 Å². The molecule has 0 aliphatic carbocycles. The summed E-state index contributed by atoms with van der Waals surface area (Å²) >= 11 is 0. The third kappa shape index (κ3) is 6.24. The molecule has 0 aromatic heterocycles. The molecule has 0 N–H and O–H groups in total. The summed E-state index contributed by atoms with van der Waals surface area (Å²) in [6, 6.07) is 95.9. The predicted octanol–water partition coefficient (Wildman–Crippen LogP) is 8.62. The van der Waals surface area contributed by atoms with Crippen LogP contribution in [0.2, 0.25) is 0 Å². The van der Waals surface area contributed by atoms with Crippen LogP contribution in [-0.2, 0) is 0 Å². The minimum absolute atomic E-state index is 0. The zero-order chi connectivity index (χ0) is 41.8. The van der Waals surface area contributed by atoms with E-state index in [4.69, 9.17) is 4.65 Å². The van der Waals surface area contributed by atoms with Gasteiger partial charge in [-0.15, -0.1) is 0 Å². The van der Waals surface area contributed by atoms with E-state index >= 15 is 0 Å². The summed E-state index contributed by atoms with van der Waals surface area (Å²) in [6.45, 7) is 0. The van der Waals surface area contributed by atoms with E-state index < -0.39 is 16.5 Å². The zero-order valence-corrected chi connectivity index (χ0v) is 37.7. The first-order valence-electron chi connectivity index (χ1n) is 21.9. The molecule has 0 spiro atoms. The second-order valence-corrected chi connectivity index (χ2v) is 23.7. The maximum atomic E-state index is 7.34. The molecule has 1 nitrogen and oxygen atoms in total. The van der Waals surface area contributed by atoms with Gasteiger partial charge in [0.25, 0.3) is 0 Å². The number of benzene rings is 12. The Bertz CT molecular complexity index is 3050. The Labute approximate surface area is 388 Å². The molecule has 0 fully saturated rings. The van der Waals surface area contributed by atoms with Crippen LogP contribution in [-0.4, -0.2) is 16.5 Å². The average molecular weight is 840 g/mol. The first-order chi connectivity index (χ1) is 31.2. The Kier molecular flexibility index (Phi) is 10.2. The van der Waals surface area contributed by atoms with Gasteiger partial charge in [-0.2, -0.15) is 0 Å². The van der Waals surface area contributed by atoms with Crippen molar-refractivity contribution in [3.05, 3.63) is 259 Å². The van der Waals surface area contributed by atoms with Gasteiger partial charge in [0.1, 0.15) is 0 Å². The van der Waals surface area contributed by atoms with Crippen LogP contribution in [0.3, 0.4) is 0 Å². The molecule has 12 aromatic carbocycles. The molecule has 0 bridgehead atoms. The van der Waals surface area contributed by atoms with Crippen LogP contribution in [0.1, 0.15) is 0 Å². The van der Waals surface area contributed by atoms with Crippen LogP contribution in [0, 0.1) is 0 Å². The van der Waals surface area contributed by atoms with E-state index in [-0.39, 0.29) is 18.9 Å². The largest absolute Gasteiger partial charge is 1.00 e. The van der Waals surface area contributed by atoms with Crippen LogP contribution in [0.15, 0.2) is 255 Å². The Morgan fingerprint density at radius 2 is 0.344 bits per heavy atom. The van der Waals surface area contributed by atoms with Crippen molar-refractivity contribution in [2.75, 3.05) is 0 Å². The number of hydrogen-bond donors (Lipinski definition) is 0. The van der Waals surface area contributed by atoms with E-state index in [0.29, 0.717) is 0 Å². The average Bonchev–Trinajstić information content (AvgIpc) is 3.36. The molecule has 296 valence electrons. The fourth-order valence-electron chi connectivity index (χ4n) is 10.7. The minimum Gasteiger partial charge on any atom is -0.644 e. The van der Waals surface area contributed by atoms with Crippen molar-refractivity contribution in [1.29, 1.82) is 0 Å². The van der Waals surface area contributed by atoms with E-state index in [0.717, 1.165) is 0 Å². The summed E-state index contributed by atoms with van der Waals surface area (Å²) in [5, 5.41) is 22.6. The van der Waals surface area contributed by atoms with Gasteiger partial charge in [0.15, 0.2) is 0 Å². The van der Waals surface area contributed by atoms with Crippen molar-refractivity contribution in [3.63, 3.8) is 0 Å². The van der Waals surface area contributed by atoms with Crippen LogP contribution < -0.4 is 50.0 Å². The summed E-state index contributed by atoms with van der Waals surface area (Å²) in [5.41, 5.74) is 0. The van der Waals surface area contributed by atoms with Crippen molar-refractivity contribution in [1.82, 2.24) is 0 Å². The molecule has 64 heavy (non-hydrogen) atoms. The number of hydrogen-bond acceptors (Lipinski definition) is 0. The summed E-state index contributed by atoms with van der Waals surface area (Å²) in [7, 11) is -7.35.